The lowest BCUT2D eigenvalue weighted by Gasteiger charge is -2.38. The van der Waals surface area contributed by atoms with E-state index >= 15 is 0 Å². The Labute approximate surface area is 116 Å². The van der Waals surface area contributed by atoms with Gasteiger partial charge in [0, 0.05) is 38.6 Å². The fourth-order valence-corrected chi connectivity index (χ4v) is 2.61. The molecule has 1 fully saturated rings. The van der Waals surface area contributed by atoms with Crippen molar-refractivity contribution in [1.82, 2.24) is 10.2 Å². The normalized spacial score (nSPS) is 24.8. The first kappa shape index (κ1) is 17.2. The number of hydrogen-bond acceptors (Lipinski definition) is 4. The van der Waals surface area contributed by atoms with Crippen molar-refractivity contribution in [3.05, 3.63) is 0 Å². The van der Waals surface area contributed by atoms with E-state index in [9.17, 15) is 18.0 Å². The van der Waals surface area contributed by atoms with E-state index in [2.05, 4.69) is 5.32 Å². The molecule has 0 radical (unpaired) electrons. The summed E-state index contributed by atoms with van der Waals surface area (Å²) in [5.74, 6) is -0.780. The zero-order chi connectivity index (χ0) is 15.2. The summed E-state index contributed by atoms with van der Waals surface area (Å²) < 4.78 is 36.7. The van der Waals surface area contributed by atoms with Crippen molar-refractivity contribution in [2.24, 2.45) is 11.7 Å². The maximum atomic E-state index is 12.2. The van der Waals surface area contributed by atoms with E-state index < -0.39 is 18.7 Å². The first-order valence-electron chi connectivity index (χ1n) is 6.74. The van der Waals surface area contributed by atoms with Gasteiger partial charge in [-0.05, 0) is 18.8 Å². The van der Waals surface area contributed by atoms with Crippen molar-refractivity contribution in [2.45, 2.75) is 31.5 Å². The number of nitrogens with one attached hydrogen (secondary N) is 1. The summed E-state index contributed by atoms with van der Waals surface area (Å²) in [6.45, 7) is 1.27. The van der Waals surface area contributed by atoms with Crippen LogP contribution in [0, 0.1) is 5.92 Å². The molecular formula is C12H22F3N3O2. The molecule has 0 amide bonds. The number of rotatable bonds is 7. The summed E-state index contributed by atoms with van der Waals surface area (Å²) in [4.78, 5) is 12.6. The highest BCUT2D eigenvalue weighted by Crippen LogP contribution is 2.22. The Morgan fingerprint density at radius 1 is 1.40 bits per heavy atom. The minimum absolute atomic E-state index is 0.0487. The van der Waals surface area contributed by atoms with Gasteiger partial charge >= 0.3 is 12.1 Å². The second kappa shape index (κ2) is 7.80. The Bertz CT molecular complexity index is 313. The number of likely N-dealkylation sites (tertiary alicyclic amines) is 1. The average Bonchev–Trinajstić information content (AvgIpc) is 2.33. The Morgan fingerprint density at radius 3 is 2.65 bits per heavy atom. The number of alkyl halides is 3. The van der Waals surface area contributed by atoms with E-state index in [0.717, 1.165) is 0 Å². The van der Waals surface area contributed by atoms with Crippen LogP contribution in [0.4, 0.5) is 13.2 Å². The SMILES string of the molecule is NCCN1CC(CCC(=O)O)CC(NCC(F)(F)F)C1. The van der Waals surface area contributed by atoms with Gasteiger partial charge in [0.2, 0.25) is 0 Å². The van der Waals surface area contributed by atoms with E-state index in [1.54, 1.807) is 0 Å². The lowest BCUT2D eigenvalue weighted by Crippen LogP contribution is -2.52. The number of carbonyl (C=O) groups is 1. The van der Waals surface area contributed by atoms with Crippen LogP contribution in [0.2, 0.25) is 0 Å². The van der Waals surface area contributed by atoms with Crippen molar-refractivity contribution in [3.8, 4) is 0 Å². The molecule has 1 rings (SSSR count). The molecule has 118 valence electrons. The number of nitrogens with zero attached hydrogens (tertiary/aromatic N) is 1. The van der Waals surface area contributed by atoms with Gasteiger partial charge in [0.05, 0.1) is 6.54 Å². The summed E-state index contributed by atoms with van der Waals surface area (Å²) in [6, 6.07) is -0.268. The molecule has 1 aliphatic heterocycles. The maximum Gasteiger partial charge on any atom is 0.401 e. The number of halogens is 3. The van der Waals surface area contributed by atoms with Gasteiger partial charge in [0.25, 0.3) is 0 Å². The third kappa shape index (κ3) is 7.06. The molecule has 0 saturated carbocycles. The highest BCUT2D eigenvalue weighted by molar-refractivity contribution is 5.66. The van der Waals surface area contributed by atoms with E-state index in [1.165, 1.54) is 0 Å². The van der Waals surface area contributed by atoms with Crippen LogP contribution in [0.3, 0.4) is 0 Å². The first-order valence-corrected chi connectivity index (χ1v) is 6.74. The maximum absolute atomic E-state index is 12.2. The fourth-order valence-electron chi connectivity index (χ4n) is 2.61. The van der Waals surface area contributed by atoms with E-state index in [1.807, 2.05) is 4.90 Å². The quantitative estimate of drug-likeness (QED) is 0.643. The molecule has 20 heavy (non-hydrogen) atoms. The molecule has 2 atom stereocenters. The topological polar surface area (TPSA) is 78.6 Å². The lowest BCUT2D eigenvalue weighted by atomic mass is 9.90. The molecule has 0 spiro atoms. The van der Waals surface area contributed by atoms with Crippen molar-refractivity contribution in [2.75, 3.05) is 32.7 Å². The molecule has 0 bridgehead atoms. The largest absolute Gasteiger partial charge is 0.481 e. The van der Waals surface area contributed by atoms with E-state index in [0.29, 0.717) is 39.0 Å². The van der Waals surface area contributed by atoms with Crippen molar-refractivity contribution in [1.29, 1.82) is 0 Å². The van der Waals surface area contributed by atoms with Gasteiger partial charge in [0.1, 0.15) is 0 Å². The number of carboxylic acid groups (broad SMARTS) is 1. The second-order valence-corrected chi connectivity index (χ2v) is 5.28. The molecular weight excluding hydrogens is 275 g/mol. The minimum Gasteiger partial charge on any atom is -0.481 e. The van der Waals surface area contributed by atoms with Crippen molar-refractivity contribution < 1.29 is 23.1 Å². The van der Waals surface area contributed by atoms with Gasteiger partial charge < -0.3 is 21.1 Å². The molecule has 2 unspecified atom stereocenters. The van der Waals surface area contributed by atoms with Gasteiger partial charge in [-0.2, -0.15) is 13.2 Å². The zero-order valence-electron chi connectivity index (χ0n) is 11.3. The van der Waals surface area contributed by atoms with Crippen molar-refractivity contribution >= 4 is 5.97 Å². The Morgan fingerprint density at radius 2 is 2.10 bits per heavy atom. The third-order valence-electron chi connectivity index (χ3n) is 3.42. The molecule has 1 heterocycles. The van der Waals surface area contributed by atoms with Crippen LogP contribution in [-0.4, -0.2) is 60.9 Å². The van der Waals surface area contributed by atoms with Gasteiger partial charge in [0.15, 0.2) is 0 Å². The highest BCUT2D eigenvalue weighted by atomic mass is 19.4. The summed E-state index contributed by atoms with van der Waals surface area (Å²) in [7, 11) is 0. The van der Waals surface area contributed by atoms with Crippen LogP contribution < -0.4 is 11.1 Å². The summed E-state index contributed by atoms with van der Waals surface area (Å²) in [6.07, 6.45) is -3.12. The van der Waals surface area contributed by atoms with Crippen LogP contribution in [0.15, 0.2) is 0 Å². The molecule has 5 nitrogen and oxygen atoms in total. The lowest BCUT2D eigenvalue weighted by molar-refractivity contribution is -0.137. The predicted molar refractivity (Wildman–Crippen MR) is 68.3 cm³/mol. The number of piperidine rings is 1. The van der Waals surface area contributed by atoms with Crippen LogP contribution in [0.5, 0.6) is 0 Å². The molecule has 4 N–H and O–H groups in total. The number of aliphatic carboxylic acids is 1. The number of nitrogens with two attached hydrogens (primary N) is 1. The zero-order valence-corrected chi connectivity index (χ0v) is 11.3. The van der Waals surface area contributed by atoms with Crippen molar-refractivity contribution in [3.63, 3.8) is 0 Å². The standard InChI is InChI=1S/C12H22F3N3O2/c13-12(14,15)8-17-10-5-9(1-2-11(19)20)6-18(7-10)4-3-16/h9-10,17H,1-8,16H2,(H,19,20). The third-order valence-corrected chi connectivity index (χ3v) is 3.42. The summed E-state index contributed by atoms with van der Waals surface area (Å²) in [5, 5.41) is 11.2. The minimum atomic E-state index is -4.23. The molecule has 1 aliphatic rings. The average molecular weight is 297 g/mol. The van der Waals surface area contributed by atoms with Crippen LogP contribution in [-0.2, 0) is 4.79 Å². The second-order valence-electron chi connectivity index (χ2n) is 5.28. The Kier molecular flexibility index (Phi) is 6.70. The summed E-state index contributed by atoms with van der Waals surface area (Å²) in [5.41, 5.74) is 5.48. The fraction of sp³-hybridized carbons (Fsp3) is 0.917. The monoisotopic (exact) mass is 297 g/mol. The number of carboxylic acids is 1. The summed E-state index contributed by atoms with van der Waals surface area (Å²) >= 11 is 0. The van der Waals surface area contributed by atoms with Crippen LogP contribution >= 0.6 is 0 Å². The molecule has 8 heteroatoms. The van der Waals surface area contributed by atoms with Crippen LogP contribution in [0.25, 0.3) is 0 Å². The Hall–Kier alpha value is -0.860. The molecule has 0 aromatic rings. The predicted octanol–water partition coefficient (Wildman–Crippen LogP) is 0.652. The molecule has 0 aromatic heterocycles. The van der Waals surface area contributed by atoms with Gasteiger partial charge in [-0.15, -0.1) is 0 Å². The first-order chi connectivity index (χ1) is 9.30. The van der Waals surface area contributed by atoms with Gasteiger partial charge in [-0.1, -0.05) is 0 Å². The van der Waals surface area contributed by atoms with Gasteiger partial charge in [-0.25, -0.2) is 0 Å². The molecule has 1 saturated heterocycles. The van der Waals surface area contributed by atoms with E-state index in [4.69, 9.17) is 10.8 Å². The number of hydrogen-bond donors (Lipinski definition) is 3. The Balaban J connectivity index is 2.49. The highest BCUT2D eigenvalue weighted by Gasteiger charge is 2.32. The molecule has 0 aliphatic carbocycles. The van der Waals surface area contributed by atoms with Gasteiger partial charge in [-0.3, -0.25) is 4.79 Å². The van der Waals surface area contributed by atoms with Crippen LogP contribution in [0.1, 0.15) is 19.3 Å². The molecule has 0 aromatic carbocycles. The van der Waals surface area contributed by atoms with E-state index in [-0.39, 0.29) is 18.4 Å². The smallest absolute Gasteiger partial charge is 0.401 e.